The first-order chi connectivity index (χ1) is 14.6. The first kappa shape index (κ1) is 23.1. The van der Waals surface area contributed by atoms with Gasteiger partial charge in [-0.1, -0.05) is 6.07 Å². The summed E-state index contributed by atoms with van der Waals surface area (Å²) in [5.41, 5.74) is 2.03. The van der Waals surface area contributed by atoms with Crippen LogP contribution in [0, 0.1) is 12.8 Å². The quantitative estimate of drug-likeness (QED) is 0.690. The molecule has 0 unspecified atom stereocenters. The molecule has 2 fully saturated rings. The van der Waals surface area contributed by atoms with Crippen molar-refractivity contribution in [2.45, 2.75) is 38.8 Å². The number of benzene rings is 1. The van der Waals surface area contributed by atoms with E-state index in [0.29, 0.717) is 50.3 Å². The molecule has 2 heterocycles. The molecule has 3 amide bonds. The number of hydrogen-bond acceptors (Lipinski definition) is 4. The molecular formula is C21H27F3N4O3. The van der Waals surface area contributed by atoms with Gasteiger partial charge in [0.1, 0.15) is 0 Å². The van der Waals surface area contributed by atoms with E-state index in [-0.39, 0.29) is 18.4 Å². The van der Waals surface area contributed by atoms with E-state index < -0.39 is 24.5 Å². The Kier molecular flexibility index (Phi) is 7.19. The maximum atomic E-state index is 12.5. The van der Waals surface area contributed by atoms with Gasteiger partial charge in [-0.25, -0.2) is 0 Å². The number of likely N-dealkylation sites (tertiary alicyclic amines) is 1. The molecule has 0 aromatic heterocycles. The molecule has 7 nitrogen and oxygen atoms in total. The molecule has 2 aliphatic rings. The van der Waals surface area contributed by atoms with E-state index in [0.717, 1.165) is 12.0 Å². The Morgan fingerprint density at radius 2 is 1.84 bits per heavy atom. The Morgan fingerprint density at radius 1 is 1.13 bits per heavy atom. The van der Waals surface area contributed by atoms with Crippen molar-refractivity contribution < 1.29 is 27.6 Å². The largest absolute Gasteiger partial charge is 0.401 e. The van der Waals surface area contributed by atoms with Crippen molar-refractivity contribution in [1.29, 1.82) is 0 Å². The third-order valence-electron chi connectivity index (χ3n) is 5.70. The molecule has 1 aromatic rings. The second-order valence-electron chi connectivity index (χ2n) is 8.15. The fourth-order valence-corrected chi connectivity index (χ4v) is 3.99. The fraction of sp³-hybridized carbons (Fsp3) is 0.571. The van der Waals surface area contributed by atoms with Gasteiger partial charge in [-0.15, -0.1) is 0 Å². The average Bonchev–Trinajstić information content (AvgIpc) is 3.13. The lowest BCUT2D eigenvalue weighted by Crippen LogP contribution is -2.44. The Hall–Kier alpha value is -2.62. The maximum Gasteiger partial charge on any atom is 0.401 e. The number of nitrogens with zero attached hydrogens (tertiary/aromatic N) is 2. The lowest BCUT2D eigenvalue weighted by Gasteiger charge is -2.32. The third kappa shape index (κ3) is 6.43. The molecule has 0 aliphatic carbocycles. The minimum Gasteiger partial charge on any atom is -0.348 e. The summed E-state index contributed by atoms with van der Waals surface area (Å²) >= 11 is 0. The van der Waals surface area contributed by atoms with Gasteiger partial charge in [0.15, 0.2) is 0 Å². The summed E-state index contributed by atoms with van der Waals surface area (Å²) in [5.74, 6) is -1.55. The summed E-state index contributed by atoms with van der Waals surface area (Å²) in [5, 5.41) is 5.11. The van der Waals surface area contributed by atoms with Gasteiger partial charge < -0.3 is 15.5 Å². The number of carbonyl (C=O) groups is 3. The molecule has 0 radical (unpaired) electrons. The minimum absolute atomic E-state index is 0.0330. The standard InChI is InChI=1S/C21H27F3N4O3/c1-14-4-5-16(11-17(14)28-8-2-3-18(28)29)26-20(31)19(30)25-12-15-6-9-27(10-7-15)13-21(22,23)24/h4-5,11,15H,2-3,6-10,12-13H2,1H3,(H,25,30)(H,26,31). The van der Waals surface area contributed by atoms with Crippen molar-refractivity contribution in [1.82, 2.24) is 10.2 Å². The van der Waals surface area contributed by atoms with Crippen LogP contribution in [0.15, 0.2) is 18.2 Å². The number of amides is 3. The van der Waals surface area contributed by atoms with Crippen LogP contribution in [-0.4, -0.2) is 61.5 Å². The number of halogens is 3. The molecule has 2 saturated heterocycles. The number of hydrogen-bond donors (Lipinski definition) is 2. The van der Waals surface area contributed by atoms with Crippen LogP contribution in [-0.2, 0) is 14.4 Å². The summed E-state index contributed by atoms with van der Waals surface area (Å²) < 4.78 is 37.4. The van der Waals surface area contributed by atoms with Crippen molar-refractivity contribution in [2.75, 3.05) is 42.9 Å². The van der Waals surface area contributed by atoms with E-state index >= 15 is 0 Å². The van der Waals surface area contributed by atoms with Crippen LogP contribution in [0.2, 0.25) is 0 Å². The molecule has 0 atom stereocenters. The van der Waals surface area contributed by atoms with Crippen molar-refractivity contribution in [2.24, 2.45) is 5.92 Å². The first-order valence-electron chi connectivity index (χ1n) is 10.4. The average molecular weight is 440 g/mol. The van der Waals surface area contributed by atoms with Crippen LogP contribution in [0.4, 0.5) is 24.5 Å². The number of nitrogens with one attached hydrogen (secondary N) is 2. The molecule has 0 bridgehead atoms. The van der Waals surface area contributed by atoms with E-state index in [4.69, 9.17) is 0 Å². The van der Waals surface area contributed by atoms with Gasteiger partial charge in [-0.3, -0.25) is 19.3 Å². The summed E-state index contributed by atoms with van der Waals surface area (Å²) in [4.78, 5) is 39.4. The number of aryl methyl sites for hydroxylation is 1. The van der Waals surface area contributed by atoms with Gasteiger partial charge in [0.05, 0.1) is 6.54 Å². The predicted octanol–water partition coefficient (Wildman–Crippen LogP) is 2.45. The summed E-state index contributed by atoms with van der Waals surface area (Å²) in [7, 11) is 0. The smallest absolute Gasteiger partial charge is 0.348 e. The zero-order valence-electron chi connectivity index (χ0n) is 17.4. The molecule has 2 aliphatic heterocycles. The first-order valence-corrected chi connectivity index (χ1v) is 10.4. The molecule has 31 heavy (non-hydrogen) atoms. The van der Waals surface area contributed by atoms with Crippen LogP contribution >= 0.6 is 0 Å². The lowest BCUT2D eigenvalue weighted by atomic mass is 9.97. The summed E-state index contributed by atoms with van der Waals surface area (Å²) in [6, 6.07) is 5.13. The third-order valence-corrected chi connectivity index (χ3v) is 5.70. The fourth-order valence-electron chi connectivity index (χ4n) is 3.99. The zero-order chi connectivity index (χ0) is 22.6. The highest BCUT2D eigenvalue weighted by atomic mass is 19.4. The van der Waals surface area contributed by atoms with Crippen LogP contribution in [0.25, 0.3) is 0 Å². The van der Waals surface area contributed by atoms with Crippen molar-refractivity contribution in [3.05, 3.63) is 23.8 Å². The summed E-state index contributed by atoms with van der Waals surface area (Å²) in [6.07, 6.45) is -1.87. The molecule has 3 rings (SSSR count). The Morgan fingerprint density at radius 3 is 2.45 bits per heavy atom. The molecule has 10 heteroatoms. The number of alkyl halides is 3. The number of anilines is 2. The number of piperidine rings is 1. The van der Waals surface area contributed by atoms with E-state index in [1.54, 1.807) is 23.1 Å². The van der Waals surface area contributed by atoms with Gasteiger partial charge in [-0.2, -0.15) is 13.2 Å². The molecule has 170 valence electrons. The Balaban J connectivity index is 1.47. The van der Waals surface area contributed by atoms with E-state index in [2.05, 4.69) is 10.6 Å². The van der Waals surface area contributed by atoms with E-state index in [1.165, 1.54) is 4.90 Å². The van der Waals surface area contributed by atoms with Crippen LogP contribution in [0.5, 0.6) is 0 Å². The van der Waals surface area contributed by atoms with Crippen molar-refractivity contribution >= 4 is 29.1 Å². The minimum atomic E-state index is -4.21. The van der Waals surface area contributed by atoms with Gasteiger partial charge in [-0.05, 0) is 62.9 Å². The zero-order valence-corrected chi connectivity index (χ0v) is 17.4. The number of carbonyl (C=O) groups excluding carboxylic acids is 3. The van der Waals surface area contributed by atoms with E-state index in [1.807, 2.05) is 6.92 Å². The van der Waals surface area contributed by atoms with Crippen molar-refractivity contribution in [3.63, 3.8) is 0 Å². The van der Waals surface area contributed by atoms with Gasteiger partial charge in [0.2, 0.25) is 5.91 Å². The van der Waals surface area contributed by atoms with E-state index in [9.17, 15) is 27.6 Å². The Labute approximate surface area is 178 Å². The predicted molar refractivity (Wildman–Crippen MR) is 110 cm³/mol. The highest BCUT2D eigenvalue weighted by molar-refractivity contribution is 6.39. The highest BCUT2D eigenvalue weighted by Gasteiger charge is 2.32. The summed E-state index contributed by atoms with van der Waals surface area (Å²) in [6.45, 7) is 2.45. The SMILES string of the molecule is Cc1ccc(NC(=O)C(=O)NCC2CCN(CC(F)(F)F)CC2)cc1N1CCCC1=O. The van der Waals surface area contributed by atoms with Crippen molar-refractivity contribution in [3.8, 4) is 0 Å². The van der Waals surface area contributed by atoms with Crippen LogP contribution < -0.4 is 15.5 Å². The topological polar surface area (TPSA) is 81.8 Å². The second kappa shape index (κ2) is 9.67. The molecule has 2 N–H and O–H groups in total. The molecule has 0 spiro atoms. The molecular weight excluding hydrogens is 413 g/mol. The van der Waals surface area contributed by atoms with Gasteiger partial charge in [0, 0.05) is 30.9 Å². The lowest BCUT2D eigenvalue weighted by molar-refractivity contribution is -0.148. The van der Waals surface area contributed by atoms with Gasteiger partial charge >= 0.3 is 18.0 Å². The second-order valence-corrected chi connectivity index (χ2v) is 8.15. The Bertz CT molecular complexity index is 836. The number of rotatable bonds is 5. The van der Waals surface area contributed by atoms with Gasteiger partial charge in [0.25, 0.3) is 0 Å². The highest BCUT2D eigenvalue weighted by Crippen LogP contribution is 2.28. The molecule has 0 saturated carbocycles. The van der Waals surface area contributed by atoms with Crippen LogP contribution in [0.3, 0.4) is 0 Å². The molecule has 1 aromatic carbocycles. The van der Waals surface area contributed by atoms with Crippen LogP contribution in [0.1, 0.15) is 31.2 Å². The maximum absolute atomic E-state index is 12.5. The normalized spacial score (nSPS) is 18.3. The monoisotopic (exact) mass is 440 g/mol.